The maximum atomic E-state index is 11.7. The van der Waals surface area contributed by atoms with Gasteiger partial charge in [0.15, 0.2) is 6.10 Å². The molecule has 1 rings (SSSR count). The van der Waals surface area contributed by atoms with Crippen LogP contribution in [0.5, 0.6) is 5.75 Å². The molecule has 17 heavy (non-hydrogen) atoms. The fourth-order valence-electron chi connectivity index (χ4n) is 1.44. The first-order valence-electron chi connectivity index (χ1n) is 5.94. The third-order valence-electron chi connectivity index (χ3n) is 2.41. The van der Waals surface area contributed by atoms with E-state index in [0.29, 0.717) is 12.4 Å². The lowest BCUT2D eigenvalue weighted by Crippen LogP contribution is -2.34. The van der Waals surface area contributed by atoms with E-state index in [9.17, 15) is 4.79 Å². The van der Waals surface area contributed by atoms with Crippen LogP contribution in [0.1, 0.15) is 26.3 Å². The molecule has 0 aliphatic rings. The third-order valence-corrected chi connectivity index (χ3v) is 2.41. The summed E-state index contributed by atoms with van der Waals surface area (Å²) in [5, 5.41) is 0. The fourth-order valence-corrected chi connectivity index (χ4v) is 1.44. The minimum absolute atomic E-state index is 0.0790. The second-order valence-corrected chi connectivity index (χ2v) is 4.35. The van der Waals surface area contributed by atoms with E-state index in [-0.39, 0.29) is 11.9 Å². The predicted molar refractivity (Wildman–Crippen MR) is 67.1 cm³/mol. The van der Waals surface area contributed by atoms with Gasteiger partial charge in [0, 0.05) is 5.92 Å². The van der Waals surface area contributed by atoms with Crippen molar-refractivity contribution in [3.8, 4) is 5.75 Å². The molecule has 1 aromatic rings. The molecule has 0 saturated carbocycles. The molecule has 94 valence electrons. The van der Waals surface area contributed by atoms with Crippen LogP contribution in [0, 0.1) is 12.8 Å². The van der Waals surface area contributed by atoms with Gasteiger partial charge in [0.05, 0.1) is 6.61 Å². The van der Waals surface area contributed by atoms with E-state index in [1.165, 1.54) is 0 Å². The van der Waals surface area contributed by atoms with E-state index in [0.717, 1.165) is 5.56 Å². The van der Waals surface area contributed by atoms with Crippen molar-refractivity contribution in [2.45, 2.75) is 33.8 Å². The van der Waals surface area contributed by atoms with Gasteiger partial charge in [-0.3, -0.25) is 0 Å². The molecule has 3 nitrogen and oxygen atoms in total. The van der Waals surface area contributed by atoms with Crippen molar-refractivity contribution >= 4 is 5.97 Å². The molecular formula is C14H20O3. The molecule has 0 saturated heterocycles. The molecule has 0 amide bonds. The monoisotopic (exact) mass is 236 g/mol. The average molecular weight is 236 g/mol. The van der Waals surface area contributed by atoms with Crippen LogP contribution in [0.15, 0.2) is 24.3 Å². The third kappa shape index (κ3) is 4.10. The SMILES string of the molecule is CCOC(=O)C(Oc1ccc(C)cc1)C(C)C. The summed E-state index contributed by atoms with van der Waals surface area (Å²) >= 11 is 0. The zero-order valence-electron chi connectivity index (χ0n) is 10.9. The summed E-state index contributed by atoms with van der Waals surface area (Å²) in [5.41, 5.74) is 1.16. The largest absolute Gasteiger partial charge is 0.478 e. The highest BCUT2D eigenvalue weighted by atomic mass is 16.6. The Morgan fingerprint density at radius 2 is 1.82 bits per heavy atom. The summed E-state index contributed by atoms with van der Waals surface area (Å²) in [4.78, 5) is 11.7. The lowest BCUT2D eigenvalue weighted by molar-refractivity contribution is -0.153. The molecule has 0 spiro atoms. The molecule has 1 unspecified atom stereocenters. The maximum absolute atomic E-state index is 11.7. The van der Waals surface area contributed by atoms with E-state index in [2.05, 4.69) is 0 Å². The van der Waals surface area contributed by atoms with Crippen molar-refractivity contribution in [1.29, 1.82) is 0 Å². The van der Waals surface area contributed by atoms with Crippen molar-refractivity contribution in [3.63, 3.8) is 0 Å². The summed E-state index contributed by atoms with van der Waals surface area (Å²) in [5.74, 6) is 0.473. The summed E-state index contributed by atoms with van der Waals surface area (Å²) < 4.78 is 10.7. The zero-order chi connectivity index (χ0) is 12.8. The Morgan fingerprint density at radius 3 is 2.29 bits per heavy atom. The normalized spacial score (nSPS) is 12.3. The molecule has 0 aromatic heterocycles. The molecule has 0 N–H and O–H groups in total. The quantitative estimate of drug-likeness (QED) is 0.737. The number of aryl methyl sites for hydroxylation is 1. The van der Waals surface area contributed by atoms with Crippen LogP contribution in [0.3, 0.4) is 0 Å². The fraction of sp³-hybridized carbons (Fsp3) is 0.500. The van der Waals surface area contributed by atoms with Crippen molar-refractivity contribution < 1.29 is 14.3 Å². The molecule has 0 fully saturated rings. The second-order valence-electron chi connectivity index (χ2n) is 4.35. The standard InChI is InChI=1S/C14H20O3/c1-5-16-14(15)13(10(2)3)17-12-8-6-11(4)7-9-12/h6-10,13H,5H2,1-4H3. The van der Waals surface area contributed by atoms with Gasteiger partial charge >= 0.3 is 5.97 Å². The number of hydrogen-bond donors (Lipinski definition) is 0. The number of hydrogen-bond acceptors (Lipinski definition) is 3. The molecule has 0 radical (unpaired) electrons. The van der Waals surface area contributed by atoms with Gasteiger partial charge in [0.1, 0.15) is 5.75 Å². The first-order chi connectivity index (χ1) is 8.04. The minimum atomic E-state index is -0.544. The predicted octanol–water partition coefficient (Wildman–Crippen LogP) is 2.96. The average Bonchev–Trinajstić information content (AvgIpc) is 2.28. The maximum Gasteiger partial charge on any atom is 0.347 e. The van der Waals surface area contributed by atoms with Gasteiger partial charge in [-0.15, -0.1) is 0 Å². The molecule has 0 aliphatic carbocycles. The Labute approximate surface area is 103 Å². The van der Waals surface area contributed by atoms with Crippen molar-refractivity contribution in [2.24, 2.45) is 5.92 Å². The first-order valence-corrected chi connectivity index (χ1v) is 5.94. The highest BCUT2D eigenvalue weighted by molar-refractivity contribution is 5.75. The van der Waals surface area contributed by atoms with Crippen LogP contribution in [0.4, 0.5) is 0 Å². The molecule has 0 heterocycles. The van der Waals surface area contributed by atoms with E-state index >= 15 is 0 Å². The van der Waals surface area contributed by atoms with E-state index in [1.54, 1.807) is 6.92 Å². The lowest BCUT2D eigenvalue weighted by Gasteiger charge is -2.20. The van der Waals surface area contributed by atoms with E-state index in [4.69, 9.17) is 9.47 Å². The van der Waals surface area contributed by atoms with Gasteiger partial charge in [-0.25, -0.2) is 4.79 Å². The van der Waals surface area contributed by atoms with Gasteiger partial charge < -0.3 is 9.47 Å². The first kappa shape index (κ1) is 13.6. The molecule has 1 aromatic carbocycles. The molecule has 3 heteroatoms. The number of benzene rings is 1. The van der Waals surface area contributed by atoms with Crippen LogP contribution in [-0.2, 0) is 9.53 Å². The van der Waals surface area contributed by atoms with Crippen LogP contribution in [0.25, 0.3) is 0 Å². The Morgan fingerprint density at radius 1 is 1.24 bits per heavy atom. The van der Waals surface area contributed by atoms with Crippen LogP contribution in [-0.4, -0.2) is 18.7 Å². The number of carbonyl (C=O) groups excluding carboxylic acids is 1. The smallest absolute Gasteiger partial charge is 0.347 e. The van der Waals surface area contributed by atoms with Gasteiger partial charge in [-0.2, -0.15) is 0 Å². The van der Waals surface area contributed by atoms with Gasteiger partial charge in [-0.05, 0) is 26.0 Å². The molecule has 1 atom stereocenters. The van der Waals surface area contributed by atoms with Crippen LogP contribution in [0.2, 0.25) is 0 Å². The van der Waals surface area contributed by atoms with E-state index < -0.39 is 6.10 Å². The topological polar surface area (TPSA) is 35.5 Å². The molecule has 0 aliphatic heterocycles. The number of carbonyl (C=O) groups is 1. The Hall–Kier alpha value is -1.51. The number of rotatable bonds is 5. The second kappa shape index (κ2) is 6.28. The summed E-state index contributed by atoms with van der Waals surface area (Å²) in [6, 6.07) is 7.64. The minimum Gasteiger partial charge on any atom is -0.478 e. The highest BCUT2D eigenvalue weighted by Gasteiger charge is 2.25. The Kier molecular flexibility index (Phi) is 5.01. The Bertz CT molecular complexity index is 354. The number of esters is 1. The lowest BCUT2D eigenvalue weighted by atomic mass is 10.1. The number of ether oxygens (including phenoxy) is 2. The highest BCUT2D eigenvalue weighted by Crippen LogP contribution is 2.17. The van der Waals surface area contributed by atoms with Crippen molar-refractivity contribution in [2.75, 3.05) is 6.61 Å². The Balaban J connectivity index is 2.73. The summed E-state index contributed by atoms with van der Waals surface area (Å²) in [6.45, 7) is 8.06. The van der Waals surface area contributed by atoms with Crippen LogP contribution < -0.4 is 4.74 Å². The van der Waals surface area contributed by atoms with Gasteiger partial charge in [0.2, 0.25) is 0 Å². The van der Waals surface area contributed by atoms with Crippen LogP contribution >= 0.6 is 0 Å². The zero-order valence-corrected chi connectivity index (χ0v) is 10.9. The molecule has 0 bridgehead atoms. The van der Waals surface area contributed by atoms with Gasteiger partial charge in [-0.1, -0.05) is 31.5 Å². The van der Waals surface area contributed by atoms with Crippen molar-refractivity contribution in [1.82, 2.24) is 0 Å². The van der Waals surface area contributed by atoms with Crippen molar-refractivity contribution in [3.05, 3.63) is 29.8 Å². The molecular weight excluding hydrogens is 216 g/mol. The van der Waals surface area contributed by atoms with Gasteiger partial charge in [0.25, 0.3) is 0 Å². The van der Waals surface area contributed by atoms with E-state index in [1.807, 2.05) is 45.0 Å². The summed E-state index contributed by atoms with van der Waals surface area (Å²) in [6.07, 6.45) is -0.544. The summed E-state index contributed by atoms with van der Waals surface area (Å²) in [7, 11) is 0.